The van der Waals surface area contributed by atoms with E-state index in [2.05, 4.69) is 30.2 Å². The number of Topliss-reactive ketones (excluding diaryl/α,β-unsaturated/α-hetero) is 3. The molecule has 3 N–H and O–H groups in total. The molecule has 5 atom stereocenters. The van der Waals surface area contributed by atoms with Gasteiger partial charge in [0.15, 0.2) is 17.3 Å². The van der Waals surface area contributed by atoms with Crippen LogP contribution in [0, 0.1) is 36.5 Å². The van der Waals surface area contributed by atoms with Crippen LogP contribution in [0.15, 0.2) is 55.3 Å². The van der Waals surface area contributed by atoms with Gasteiger partial charge < -0.3 is 20.1 Å². The van der Waals surface area contributed by atoms with Crippen molar-refractivity contribution in [3.8, 4) is 0 Å². The molecule has 1 aromatic rings. The molecule has 0 radical (unpaired) electrons. The first-order chi connectivity index (χ1) is 23.3. The molecule has 3 aliphatic heterocycles. The van der Waals surface area contributed by atoms with Crippen LogP contribution < -0.4 is 5.32 Å². The molecule has 0 saturated heterocycles. The zero-order chi connectivity index (χ0) is 35.5. The quantitative estimate of drug-likeness (QED) is 0.174. The van der Waals surface area contributed by atoms with Crippen molar-refractivity contribution >= 4 is 53.0 Å². The summed E-state index contributed by atoms with van der Waals surface area (Å²) in [5.74, 6) is -2.90. The lowest BCUT2D eigenvalue weighted by molar-refractivity contribution is -0.146. The largest absolute Gasteiger partial charge is 0.468 e. The van der Waals surface area contributed by atoms with Gasteiger partial charge in [0, 0.05) is 75.3 Å². The van der Waals surface area contributed by atoms with Crippen molar-refractivity contribution in [2.24, 2.45) is 39.6 Å². The van der Waals surface area contributed by atoms with Crippen LogP contribution in [0.4, 0.5) is 4.79 Å². The number of carbonyl (C=O) groups excluding carboxylic acids is 4. The smallest absolute Gasteiger partial charge is 0.405 e. The van der Waals surface area contributed by atoms with Crippen molar-refractivity contribution < 1.29 is 33.8 Å². The normalized spacial score (nSPS) is 25.6. The number of H-pyrrole nitrogens is 1. The Hall–Kier alpha value is -4.93. The summed E-state index contributed by atoms with van der Waals surface area (Å²) >= 11 is 0. The molecule has 1 aromatic heterocycles. The monoisotopic (exact) mass is 666 g/mol. The zero-order valence-corrected chi connectivity index (χ0v) is 28.9. The summed E-state index contributed by atoms with van der Waals surface area (Å²) in [7, 11) is 1.26. The first-order valence-corrected chi connectivity index (χ1v) is 16.9. The Morgan fingerprint density at radius 1 is 1.02 bits per heavy atom. The molecule has 5 aliphatic rings. The first-order valence-electron chi connectivity index (χ1n) is 16.9. The van der Waals surface area contributed by atoms with Crippen molar-refractivity contribution in [3.05, 3.63) is 67.9 Å². The number of hydrogen-bond acceptors (Lipinski definition) is 8. The van der Waals surface area contributed by atoms with Crippen molar-refractivity contribution in [3.63, 3.8) is 0 Å². The highest BCUT2D eigenvalue weighted by Crippen LogP contribution is 2.51. The Kier molecular flexibility index (Phi) is 8.89. The van der Waals surface area contributed by atoms with E-state index in [1.165, 1.54) is 7.11 Å². The number of methoxy groups -OCH3 is 1. The van der Waals surface area contributed by atoms with Gasteiger partial charge in [0.2, 0.25) is 0 Å². The van der Waals surface area contributed by atoms with Crippen LogP contribution >= 0.6 is 0 Å². The summed E-state index contributed by atoms with van der Waals surface area (Å²) in [6.45, 7) is 11.3. The van der Waals surface area contributed by atoms with Crippen LogP contribution in [0.1, 0.15) is 87.6 Å². The minimum atomic E-state index is -1.28. The summed E-state index contributed by atoms with van der Waals surface area (Å²) < 4.78 is 5.18. The van der Waals surface area contributed by atoms with E-state index in [4.69, 9.17) is 19.8 Å². The minimum absolute atomic E-state index is 0.0675. The number of fused-ring (bicyclic) bond motifs is 6. The summed E-state index contributed by atoms with van der Waals surface area (Å²) in [5.41, 5.74) is 9.30. The van der Waals surface area contributed by atoms with E-state index in [0.29, 0.717) is 52.3 Å². The zero-order valence-electron chi connectivity index (χ0n) is 28.9. The van der Waals surface area contributed by atoms with Gasteiger partial charge in [0.05, 0.1) is 19.3 Å². The maximum absolute atomic E-state index is 14.2. The van der Waals surface area contributed by atoms with E-state index in [0.717, 1.165) is 40.1 Å². The predicted octanol–water partition coefficient (Wildman–Crippen LogP) is 5.98. The summed E-state index contributed by atoms with van der Waals surface area (Å²) in [5, 5.41) is 11.1. The average molecular weight is 667 g/mol. The molecule has 8 bridgehead atoms. The van der Waals surface area contributed by atoms with Crippen LogP contribution in [0.25, 0.3) is 12.2 Å². The third kappa shape index (κ3) is 5.68. The van der Waals surface area contributed by atoms with E-state index >= 15 is 0 Å². The topological polar surface area (TPSA) is 167 Å². The maximum atomic E-state index is 14.2. The second kappa shape index (κ2) is 12.8. The van der Waals surface area contributed by atoms with Crippen LogP contribution in [0.3, 0.4) is 0 Å². The number of esters is 1. The number of nitrogens with one attached hydrogen (secondary N) is 2. The van der Waals surface area contributed by atoms with Gasteiger partial charge in [-0.3, -0.25) is 29.2 Å². The van der Waals surface area contributed by atoms with Crippen molar-refractivity contribution in [1.82, 2.24) is 10.3 Å². The van der Waals surface area contributed by atoms with Crippen LogP contribution in [0.2, 0.25) is 0 Å². The molecule has 0 spiro atoms. The Labute approximate surface area is 285 Å². The number of nitrogens with zero attached hydrogens (tertiary/aromatic N) is 2. The van der Waals surface area contributed by atoms with Gasteiger partial charge in [-0.15, -0.1) is 0 Å². The van der Waals surface area contributed by atoms with E-state index in [1.54, 1.807) is 6.92 Å². The van der Waals surface area contributed by atoms with Crippen LogP contribution in [0.5, 0.6) is 0 Å². The summed E-state index contributed by atoms with van der Waals surface area (Å²) in [6.07, 6.45) is 6.35. The molecular formula is C38H42N4O7. The minimum Gasteiger partial charge on any atom is -0.468 e. The molecule has 0 aromatic carbocycles. The number of aliphatic imine (C=N–C) groups is 2. The van der Waals surface area contributed by atoms with E-state index < -0.39 is 18.0 Å². The van der Waals surface area contributed by atoms with E-state index in [1.807, 2.05) is 32.9 Å². The molecule has 4 heterocycles. The van der Waals surface area contributed by atoms with Crippen LogP contribution in [-0.2, 0) is 19.1 Å². The fourth-order valence-corrected chi connectivity index (χ4v) is 8.25. The number of ether oxygens (including phenoxy) is 1. The number of hydrogen-bond donors (Lipinski definition) is 3. The average Bonchev–Trinajstić information content (AvgIpc) is 3.79. The van der Waals surface area contributed by atoms with Gasteiger partial charge in [-0.2, -0.15) is 0 Å². The fraction of sp³-hybridized carbons (Fsp3) is 0.447. The molecule has 6 rings (SSSR count). The van der Waals surface area contributed by atoms with E-state index in [9.17, 15) is 24.0 Å². The molecule has 0 saturated carbocycles. The Morgan fingerprint density at radius 2 is 1.69 bits per heavy atom. The fourth-order valence-electron chi connectivity index (χ4n) is 8.25. The number of rotatable bonds is 8. The van der Waals surface area contributed by atoms with Gasteiger partial charge in [0.25, 0.3) is 0 Å². The lowest BCUT2D eigenvalue weighted by atomic mass is 9.80. The van der Waals surface area contributed by atoms with Gasteiger partial charge in [-0.05, 0) is 80.5 Å². The van der Waals surface area contributed by atoms with Gasteiger partial charge in [-0.1, -0.05) is 20.8 Å². The number of aromatic amines is 1. The van der Waals surface area contributed by atoms with E-state index in [-0.39, 0.29) is 54.0 Å². The highest BCUT2D eigenvalue weighted by atomic mass is 16.5. The molecule has 1 unspecified atom stereocenters. The molecule has 256 valence electrons. The number of carbonyl (C=O) groups is 5. The highest BCUT2D eigenvalue weighted by Gasteiger charge is 2.51. The number of ketones is 3. The number of carboxylic acid groups (broad SMARTS) is 1. The second-order valence-corrected chi connectivity index (χ2v) is 13.7. The van der Waals surface area contributed by atoms with Crippen molar-refractivity contribution in [2.75, 3.05) is 13.7 Å². The number of amides is 1. The SMILES string of the molecule is CC[C@H]1C2=NC(=Cc3[nH]c(c(C)c3C(C)=O)C=C3N=C(C4=C5CC(=C2)C(C)=C5C(=O)C4C(=O)OC)[C@@H](CCC(=O)CNC(=O)O)[C@@H]3C)[C@@H]1C. The number of allylic oxidation sites excluding steroid dienone is 7. The summed E-state index contributed by atoms with van der Waals surface area (Å²) in [6, 6.07) is 0. The third-order valence-corrected chi connectivity index (χ3v) is 10.9. The highest BCUT2D eigenvalue weighted by molar-refractivity contribution is 6.26. The molecule has 1 amide bonds. The van der Waals surface area contributed by atoms with Gasteiger partial charge in [0.1, 0.15) is 5.92 Å². The number of aromatic nitrogens is 1. The van der Waals surface area contributed by atoms with Crippen molar-refractivity contribution in [2.45, 2.75) is 67.2 Å². The lowest BCUT2D eigenvalue weighted by Gasteiger charge is -2.22. The molecule has 0 fully saturated rings. The van der Waals surface area contributed by atoms with Crippen LogP contribution in [-0.4, -0.2) is 64.6 Å². The molecule has 11 heteroatoms. The second-order valence-electron chi connectivity index (χ2n) is 13.7. The third-order valence-electron chi connectivity index (χ3n) is 10.9. The Morgan fingerprint density at radius 3 is 2.35 bits per heavy atom. The molecule has 2 aliphatic carbocycles. The first kappa shape index (κ1) is 34.0. The maximum Gasteiger partial charge on any atom is 0.405 e. The van der Waals surface area contributed by atoms with Crippen molar-refractivity contribution in [1.29, 1.82) is 0 Å². The predicted molar refractivity (Wildman–Crippen MR) is 185 cm³/mol. The van der Waals surface area contributed by atoms with Gasteiger partial charge in [-0.25, -0.2) is 4.79 Å². The summed E-state index contributed by atoms with van der Waals surface area (Å²) in [4.78, 5) is 78.0. The lowest BCUT2D eigenvalue weighted by Crippen LogP contribution is -2.31. The standard InChI is InChI=1S/C38H42N4O7/c1-8-23-17(3)26-14-30-31(20(6)43)19(5)28(41-30)13-27-18(4)24(10-9-22(44)15-39-38(47)48)35(42-27)33-25-11-21(12-29(23)40-26)16(2)32(25)36(45)34(33)37(46)49-7/h12-14,17-18,23-24,34,39,41H,8-11,15H2,1-7H3,(H,47,48)/t17-,18+,23-,24+,34?/m1/s1. The van der Waals surface area contributed by atoms with Gasteiger partial charge >= 0.3 is 12.1 Å². The molecule has 11 nitrogen and oxygen atoms in total. The molecular weight excluding hydrogens is 624 g/mol. The molecule has 49 heavy (non-hydrogen) atoms. The Bertz CT molecular complexity index is 1950. The Balaban J connectivity index is 1.60.